The molecule has 0 spiro atoms. The van der Waals surface area contributed by atoms with Crippen molar-refractivity contribution in [3.8, 4) is 0 Å². The molecule has 0 radical (unpaired) electrons. The van der Waals surface area contributed by atoms with Crippen LogP contribution in [0.25, 0.3) is 0 Å². The van der Waals surface area contributed by atoms with E-state index in [0.29, 0.717) is 17.0 Å². The standard InChI is InChI=1S/C11H23PS2/c1-6-9(4)11(8-3,12(13)14)10(5)7-2/h9-10H,6-8H2,1-5H3/p+1. The number of hydrogen-bond donors (Lipinski definition) is 1. The lowest BCUT2D eigenvalue weighted by Crippen LogP contribution is -2.37. The maximum atomic E-state index is 5.53. The Bertz CT molecular complexity index is 182. The fourth-order valence-corrected chi connectivity index (χ4v) is 6.87. The van der Waals surface area contributed by atoms with Gasteiger partial charge in [-0.1, -0.05) is 34.6 Å². The van der Waals surface area contributed by atoms with E-state index in [9.17, 15) is 0 Å². The zero-order chi connectivity index (χ0) is 11.4. The summed E-state index contributed by atoms with van der Waals surface area (Å²) in [5.74, 6) is 0.835. The molecule has 0 saturated carbocycles. The molecule has 14 heavy (non-hydrogen) atoms. The molecule has 0 nitrogen and oxygen atoms in total. The van der Waals surface area contributed by atoms with Crippen LogP contribution in [-0.2, 0) is 11.8 Å². The van der Waals surface area contributed by atoms with Crippen molar-refractivity contribution in [2.24, 2.45) is 11.8 Å². The van der Waals surface area contributed by atoms with Gasteiger partial charge in [-0.15, -0.1) is 0 Å². The molecule has 0 aliphatic heterocycles. The average molecular weight is 251 g/mol. The first kappa shape index (κ1) is 14.9. The molecule has 0 aromatic heterocycles. The van der Waals surface area contributed by atoms with Gasteiger partial charge in [0.2, 0.25) is 5.90 Å². The first-order chi connectivity index (χ1) is 6.47. The Morgan fingerprint density at radius 1 is 1.14 bits per heavy atom. The number of thiol groups is 1. The van der Waals surface area contributed by atoms with Crippen molar-refractivity contribution in [2.45, 2.75) is 59.0 Å². The van der Waals surface area contributed by atoms with E-state index in [2.05, 4.69) is 46.9 Å². The molecule has 0 bridgehead atoms. The highest BCUT2D eigenvalue weighted by Gasteiger charge is 2.49. The monoisotopic (exact) mass is 251 g/mol. The van der Waals surface area contributed by atoms with Crippen molar-refractivity contribution in [2.75, 3.05) is 0 Å². The molecule has 3 unspecified atom stereocenters. The molecule has 3 atom stereocenters. The molecule has 84 valence electrons. The third kappa shape index (κ3) is 2.71. The van der Waals surface area contributed by atoms with Gasteiger partial charge in [0.15, 0.2) is 17.0 Å². The van der Waals surface area contributed by atoms with Crippen LogP contribution in [0.2, 0.25) is 0 Å². The van der Waals surface area contributed by atoms with Gasteiger partial charge in [-0.25, -0.2) is 0 Å². The minimum Gasteiger partial charge on any atom is -0.0650 e. The predicted molar refractivity (Wildman–Crippen MR) is 75.2 cm³/mol. The summed E-state index contributed by atoms with van der Waals surface area (Å²) >= 11 is 10.2. The first-order valence-electron chi connectivity index (χ1n) is 5.63. The van der Waals surface area contributed by atoms with Crippen LogP contribution < -0.4 is 0 Å². The second kappa shape index (κ2) is 6.45. The lowest BCUT2D eigenvalue weighted by atomic mass is 9.78. The maximum absolute atomic E-state index is 5.53. The maximum Gasteiger partial charge on any atom is 0.248 e. The van der Waals surface area contributed by atoms with E-state index >= 15 is 0 Å². The summed E-state index contributed by atoms with van der Waals surface area (Å²) in [5.41, 5.74) is 0. The molecular weight excluding hydrogens is 227 g/mol. The third-order valence-corrected chi connectivity index (χ3v) is 7.90. The fraction of sp³-hybridized carbons (Fsp3) is 1.00. The van der Waals surface area contributed by atoms with Gasteiger partial charge in [0, 0.05) is 11.8 Å². The minimum absolute atomic E-state index is 0.303. The molecule has 0 heterocycles. The zero-order valence-corrected chi connectivity index (χ0v) is 12.7. The van der Waals surface area contributed by atoms with Gasteiger partial charge in [-0.2, -0.15) is 0 Å². The Morgan fingerprint density at radius 2 is 1.50 bits per heavy atom. The van der Waals surface area contributed by atoms with Gasteiger partial charge in [-0.3, -0.25) is 0 Å². The van der Waals surface area contributed by atoms with Gasteiger partial charge >= 0.3 is 0 Å². The molecule has 0 fully saturated rings. The van der Waals surface area contributed by atoms with Gasteiger partial charge in [0.05, 0.1) is 12.2 Å². The second-order valence-electron chi connectivity index (χ2n) is 4.24. The highest BCUT2D eigenvalue weighted by atomic mass is 32.9. The largest absolute Gasteiger partial charge is 0.248 e. The van der Waals surface area contributed by atoms with Crippen molar-refractivity contribution in [1.82, 2.24) is 0 Å². The van der Waals surface area contributed by atoms with Crippen LogP contribution in [0.3, 0.4) is 0 Å². The molecule has 0 aromatic carbocycles. The van der Waals surface area contributed by atoms with Crippen LogP contribution in [0.4, 0.5) is 0 Å². The van der Waals surface area contributed by atoms with Crippen molar-refractivity contribution in [1.29, 1.82) is 0 Å². The van der Waals surface area contributed by atoms with Crippen LogP contribution in [0.5, 0.6) is 0 Å². The smallest absolute Gasteiger partial charge is 0.0650 e. The van der Waals surface area contributed by atoms with Gasteiger partial charge < -0.3 is 0 Å². The summed E-state index contributed by atoms with van der Waals surface area (Å²) in [6.45, 7) is 11.5. The van der Waals surface area contributed by atoms with Crippen LogP contribution in [-0.4, -0.2) is 5.16 Å². The van der Waals surface area contributed by atoms with E-state index in [4.69, 9.17) is 11.8 Å². The minimum atomic E-state index is -0.561. The van der Waals surface area contributed by atoms with Crippen LogP contribution in [0.1, 0.15) is 53.9 Å². The van der Waals surface area contributed by atoms with Crippen LogP contribution in [0, 0.1) is 11.8 Å². The fourth-order valence-electron chi connectivity index (χ4n) is 2.40. The normalized spacial score (nSPS) is 21.1. The van der Waals surface area contributed by atoms with Crippen molar-refractivity contribution in [3.63, 3.8) is 0 Å². The van der Waals surface area contributed by atoms with Crippen molar-refractivity contribution in [3.05, 3.63) is 0 Å². The Kier molecular flexibility index (Phi) is 6.85. The van der Waals surface area contributed by atoms with E-state index in [-0.39, 0.29) is 0 Å². The van der Waals surface area contributed by atoms with Crippen molar-refractivity contribution >= 4 is 30.0 Å². The van der Waals surface area contributed by atoms with Gasteiger partial charge in [-0.05, 0) is 19.3 Å². The zero-order valence-electron chi connectivity index (χ0n) is 10.1. The Hall–Kier alpha value is 0.870. The molecule has 0 aromatic rings. The molecule has 0 amide bonds. The number of hydrogen-bond acceptors (Lipinski definition) is 1. The third-order valence-electron chi connectivity index (χ3n) is 3.85. The summed E-state index contributed by atoms with van der Waals surface area (Å²) in [5, 5.41) is 0.303. The quantitative estimate of drug-likeness (QED) is 0.511. The average Bonchev–Trinajstić information content (AvgIpc) is 2.18. The van der Waals surface area contributed by atoms with Crippen molar-refractivity contribution < 1.29 is 0 Å². The molecule has 0 aliphatic carbocycles. The van der Waals surface area contributed by atoms with E-state index < -0.39 is 5.90 Å². The summed E-state index contributed by atoms with van der Waals surface area (Å²) < 4.78 is 0. The molecule has 0 saturated heterocycles. The lowest BCUT2D eigenvalue weighted by Gasteiger charge is -2.34. The van der Waals surface area contributed by atoms with E-state index in [0.717, 1.165) is 0 Å². The summed E-state index contributed by atoms with van der Waals surface area (Å²) in [4.78, 5) is 0. The molecule has 0 N–H and O–H groups in total. The Balaban J connectivity index is 5.07. The predicted octanol–water partition coefficient (Wildman–Crippen LogP) is 5.02. The molecule has 0 rings (SSSR count). The van der Waals surface area contributed by atoms with E-state index in [1.165, 1.54) is 19.3 Å². The molecule has 3 heteroatoms. The van der Waals surface area contributed by atoms with Gasteiger partial charge in [0.1, 0.15) is 0 Å². The first-order valence-corrected chi connectivity index (χ1v) is 9.14. The SMILES string of the molecule is CCC(C)C(CC)(C(C)CC)[P+](=S)S. The van der Waals surface area contributed by atoms with Crippen LogP contribution >= 0.6 is 18.1 Å². The topological polar surface area (TPSA) is 0 Å². The highest BCUT2D eigenvalue weighted by molar-refractivity contribution is 8.56. The van der Waals surface area contributed by atoms with E-state index in [1.54, 1.807) is 0 Å². The lowest BCUT2D eigenvalue weighted by molar-refractivity contribution is 0.275. The second-order valence-corrected chi connectivity index (χ2v) is 8.72. The van der Waals surface area contributed by atoms with Gasteiger partial charge in [0.25, 0.3) is 0 Å². The Morgan fingerprint density at radius 3 is 1.64 bits per heavy atom. The highest BCUT2D eigenvalue weighted by Crippen LogP contribution is 2.56. The van der Waals surface area contributed by atoms with Crippen LogP contribution in [0.15, 0.2) is 0 Å². The summed E-state index contributed by atoms with van der Waals surface area (Å²) in [6.07, 6.45) is 3.61. The molecular formula is C11H24PS2+. The van der Waals surface area contributed by atoms with E-state index in [1.807, 2.05) is 0 Å². The summed E-state index contributed by atoms with van der Waals surface area (Å²) in [7, 11) is 0. The Labute approximate surface area is 101 Å². The summed E-state index contributed by atoms with van der Waals surface area (Å²) in [6, 6.07) is 0. The molecule has 0 aliphatic rings. The number of rotatable bonds is 6.